The number of carbonyl (C=O) groups is 1. The van der Waals surface area contributed by atoms with Crippen LogP contribution in [0.15, 0.2) is 59.8 Å². The number of primary amides is 1. The van der Waals surface area contributed by atoms with E-state index in [1.54, 1.807) is 23.9 Å². The van der Waals surface area contributed by atoms with Crippen LogP contribution in [-0.4, -0.2) is 20.7 Å². The number of nitrogens with zero attached hydrogens (tertiary/aromatic N) is 3. The second-order valence-corrected chi connectivity index (χ2v) is 6.02. The van der Waals surface area contributed by atoms with E-state index in [-0.39, 0.29) is 0 Å². The second-order valence-electron chi connectivity index (χ2n) is 5.08. The van der Waals surface area contributed by atoms with Crippen molar-refractivity contribution >= 4 is 17.7 Å². The molecule has 0 spiro atoms. The van der Waals surface area contributed by atoms with E-state index in [0.717, 1.165) is 27.9 Å². The van der Waals surface area contributed by atoms with E-state index < -0.39 is 5.91 Å². The Balaban J connectivity index is 1.72. The first-order valence-corrected chi connectivity index (χ1v) is 8.10. The lowest BCUT2D eigenvalue weighted by Gasteiger charge is -2.04. The number of aromatic nitrogens is 3. The molecule has 3 aromatic rings. The van der Waals surface area contributed by atoms with Crippen molar-refractivity contribution in [3.8, 4) is 11.4 Å². The van der Waals surface area contributed by atoms with Crippen LogP contribution < -0.4 is 5.73 Å². The number of benzene rings is 2. The molecule has 116 valence electrons. The van der Waals surface area contributed by atoms with E-state index >= 15 is 0 Å². The summed E-state index contributed by atoms with van der Waals surface area (Å²) in [6.07, 6.45) is 0. The molecule has 0 atom stereocenters. The molecule has 0 saturated heterocycles. The molecule has 1 amide bonds. The van der Waals surface area contributed by atoms with Gasteiger partial charge in [0.05, 0.1) is 0 Å². The highest BCUT2D eigenvalue weighted by atomic mass is 32.2. The van der Waals surface area contributed by atoms with Gasteiger partial charge in [-0.1, -0.05) is 54.2 Å². The predicted molar refractivity (Wildman–Crippen MR) is 91.0 cm³/mol. The van der Waals surface area contributed by atoms with E-state index in [9.17, 15) is 4.79 Å². The Hall–Kier alpha value is -2.60. The fourth-order valence-electron chi connectivity index (χ4n) is 2.19. The monoisotopic (exact) mass is 324 g/mol. The van der Waals surface area contributed by atoms with Gasteiger partial charge in [0.2, 0.25) is 5.91 Å². The van der Waals surface area contributed by atoms with Gasteiger partial charge in [-0.05, 0) is 17.7 Å². The lowest BCUT2D eigenvalue weighted by Crippen LogP contribution is -2.10. The molecule has 23 heavy (non-hydrogen) atoms. The Morgan fingerprint density at radius 2 is 1.78 bits per heavy atom. The smallest absolute Gasteiger partial charge is 0.248 e. The molecule has 0 aliphatic carbocycles. The Morgan fingerprint density at radius 1 is 1.09 bits per heavy atom. The third-order valence-corrected chi connectivity index (χ3v) is 4.56. The lowest BCUT2D eigenvalue weighted by atomic mass is 10.1. The molecule has 0 aliphatic rings. The zero-order valence-corrected chi connectivity index (χ0v) is 13.5. The number of amides is 1. The van der Waals surface area contributed by atoms with E-state index in [4.69, 9.17) is 5.73 Å². The van der Waals surface area contributed by atoms with Crippen LogP contribution in [0.4, 0.5) is 0 Å². The van der Waals surface area contributed by atoms with Crippen molar-refractivity contribution in [2.45, 2.75) is 10.9 Å². The summed E-state index contributed by atoms with van der Waals surface area (Å²) in [5, 5.41) is 9.37. The fourth-order valence-corrected chi connectivity index (χ4v) is 3.06. The Morgan fingerprint density at radius 3 is 2.43 bits per heavy atom. The van der Waals surface area contributed by atoms with Gasteiger partial charge < -0.3 is 10.3 Å². The molecule has 2 aromatic carbocycles. The molecular weight excluding hydrogens is 308 g/mol. The Bertz CT molecular complexity index is 812. The fraction of sp³-hybridized carbons (Fsp3) is 0.118. The molecular formula is C17H16N4OS. The summed E-state index contributed by atoms with van der Waals surface area (Å²) in [5.41, 5.74) is 7.90. The highest BCUT2D eigenvalue weighted by molar-refractivity contribution is 7.98. The van der Waals surface area contributed by atoms with E-state index in [1.165, 1.54) is 0 Å². The normalized spacial score (nSPS) is 10.7. The van der Waals surface area contributed by atoms with Crippen LogP contribution in [0.2, 0.25) is 0 Å². The summed E-state index contributed by atoms with van der Waals surface area (Å²) in [6, 6.07) is 17.3. The van der Waals surface area contributed by atoms with E-state index in [0.29, 0.717) is 5.56 Å². The van der Waals surface area contributed by atoms with Crippen LogP contribution in [0.3, 0.4) is 0 Å². The minimum Gasteiger partial charge on any atom is -0.366 e. The van der Waals surface area contributed by atoms with Crippen molar-refractivity contribution in [2.75, 3.05) is 0 Å². The highest BCUT2D eigenvalue weighted by Gasteiger charge is 2.11. The van der Waals surface area contributed by atoms with Crippen LogP contribution in [0.25, 0.3) is 11.4 Å². The van der Waals surface area contributed by atoms with Gasteiger partial charge in [0, 0.05) is 23.9 Å². The molecule has 2 N–H and O–H groups in total. The van der Waals surface area contributed by atoms with Gasteiger partial charge in [-0.2, -0.15) is 0 Å². The number of hydrogen-bond donors (Lipinski definition) is 1. The first-order chi connectivity index (χ1) is 11.1. The van der Waals surface area contributed by atoms with Gasteiger partial charge in [-0.3, -0.25) is 4.79 Å². The minimum absolute atomic E-state index is 0.412. The van der Waals surface area contributed by atoms with Crippen LogP contribution in [0, 0.1) is 0 Å². The number of rotatable bonds is 5. The third-order valence-electron chi connectivity index (χ3n) is 3.47. The van der Waals surface area contributed by atoms with Gasteiger partial charge in [0.1, 0.15) is 0 Å². The first kappa shape index (κ1) is 15.3. The number of hydrogen-bond acceptors (Lipinski definition) is 4. The van der Waals surface area contributed by atoms with Crippen LogP contribution in [0.1, 0.15) is 15.9 Å². The zero-order chi connectivity index (χ0) is 16.2. The molecule has 0 radical (unpaired) electrons. The van der Waals surface area contributed by atoms with Crippen LogP contribution >= 0.6 is 11.8 Å². The summed E-state index contributed by atoms with van der Waals surface area (Å²) in [4.78, 5) is 11.1. The van der Waals surface area contributed by atoms with Gasteiger partial charge >= 0.3 is 0 Å². The molecule has 0 unspecified atom stereocenters. The summed E-state index contributed by atoms with van der Waals surface area (Å²) >= 11 is 1.60. The topological polar surface area (TPSA) is 73.8 Å². The molecule has 3 rings (SSSR count). The molecule has 1 aromatic heterocycles. The molecule has 0 saturated carbocycles. The maximum atomic E-state index is 11.1. The molecule has 0 bridgehead atoms. The van der Waals surface area contributed by atoms with Gasteiger partial charge in [-0.15, -0.1) is 10.2 Å². The van der Waals surface area contributed by atoms with Crippen molar-refractivity contribution < 1.29 is 4.79 Å². The second kappa shape index (κ2) is 6.66. The van der Waals surface area contributed by atoms with Crippen LogP contribution in [0.5, 0.6) is 0 Å². The third kappa shape index (κ3) is 3.43. The predicted octanol–water partition coefficient (Wildman–Crippen LogP) is 2.87. The maximum Gasteiger partial charge on any atom is 0.248 e. The largest absolute Gasteiger partial charge is 0.366 e. The standard InChI is InChI=1S/C17H16N4OS/c1-21-16(14-5-3-2-4-6-14)19-20-17(21)23-11-12-7-9-13(10-8-12)15(18)22/h2-10H,11H2,1H3,(H2,18,22). The SMILES string of the molecule is Cn1c(SCc2ccc(C(N)=O)cc2)nnc1-c1ccccc1. The van der Waals surface area contributed by atoms with Crippen molar-refractivity contribution in [1.82, 2.24) is 14.8 Å². The molecule has 1 heterocycles. The molecule has 0 fully saturated rings. The highest BCUT2D eigenvalue weighted by Crippen LogP contribution is 2.25. The zero-order valence-electron chi connectivity index (χ0n) is 12.6. The average Bonchev–Trinajstić information content (AvgIpc) is 2.95. The van der Waals surface area contributed by atoms with Crippen molar-refractivity contribution in [2.24, 2.45) is 12.8 Å². The van der Waals surface area contributed by atoms with Crippen molar-refractivity contribution in [3.63, 3.8) is 0 Å². The number of carbonyl (C=O) groups excluding carboxylic acids is 1. The average molecular weight is 324 g/mol. The van der Waals surface area contributed by atoms with E-state index in [1.807, 2.05) is 54.1 Å². The summed E-state index contributed by atoms with van der Waals surface area (Å²) in [5.74, 6) is 1.18. The quantitative estimate of drug-likeness (QED) is 0.732. The summed E-state index contributed by atoms with van der Waals surface area (Å²) < 4.78 is 1.98. The first-order valence-electron chi connectivity index (χ1n) is 7.11. The van der Waals surface area contributed by atoms with Gasteiger partial charge in [0.15, 0.2) is 11.0 Å². The minimum atomic E-state index is -0.412. The van der Waals surface area contributed by atoms with Gasteiger partial charge in [-0.25, -0.2) is 0 Å². The summed E-state index contributed by atoms with van der Waals surface area (Å²) in [7, 11) is 1.96. The lowest BCUT2D eigenvalue weighted by molar-refractivity contribution is 0.100. The van der Waals surface area contributed by atoms with E-state index in [2.05, 4.69) is 10.2 Å². The Labute approximate surface area is 138 Å². The molecule has 0 aliphatic heterocycles. The maximum absolute atomic E-state index is 11.1. The number of nitrogens with two attached hydrogens (primary N) is 1. The number of thioether (sulfide) groups is 1. The molecule has 6 heteroatoms. The Kier molecular flexibility index (Phi) is 4.43. The van der Waals surface area contributed by atoms with Gasteiger partial charge in [0.25, 0.3) is 0 Å². The van der Waals surface area contributed by atoms with Crippen molar-refractivity contribution in [1.29, 1.82) is 0 Å². The summed E-state index contributed by atoms with van der Waals surface area (Å²) in [6.45, 7) is 0. The van der Waals surface area contributed by atoms with Crippen molar-refractivity contribution in [3.05, 3.63) is 65.7 Å². The molecule has 5 nitrogen and oxygen atoms in total. The van der Waals surface area contributed by atoms with Crippen LogP contribution in [-0.2, 0) is 12.8 Å².